The fourth-order valence-corrected chi connectivity index (χ4v) is 2.87. The number of methoxy groups -OCH3 is 1. The summed E-state index contributed by atoms with van der Waals surface area (Å²) in [5.41, 5.74) is 4.33. The smallest absolute Gasteiger partial charge is 0.119 e. The maximum absolute atomic E-state index is 5.17. The zero-order chi connectivity index (χ0) is 20.1. The van der Waals surface area contributed by atoms with E-state index in [9.17, 15) is 0 Å². The summed E-state index contributed by atoms with van der Waals surface area (Å²) < 4.78 is 5.17. The molecule has 4 nitrogen and oxygen atoms in total. The first-order chi connectivity index (χ1) is 13.5. The molecule has 4 aromatic rings. The van der Waals surface area contributed by atoms with Crippen molar-refractivity contribution in [2.45, 2.75) is 39.5 Å². The SMILES string of the molecule is CC(C)c1ccc2cnccc2n1.COc1ccc2nc(C(C)C)ccc2c1. The minimum atomic E-state index is 0.469. The van der Waals surface area contributed by atoms with E-state index in [1.165, 1.54) is 0 Å². The number of aromatic nitrogens is 3. The molecule has 1 aromatic carbocycles. The van der Waals surface area contributed by atoms with Crippen molar-refractivity contribution in [3.8, 4) is 5.75 Å². The largest absolute Gasteiger partial charge is 0.497 e. The van der Waals surface area contributed by atoms with Crippen LogP contribution in [-0.4, -0.2) is 22.1 Å². The van der Waals surface area contributed by atoms with Crippen LogP contribution < -0.4 is 4.74 Å². The van der Waals surface area contributed by atoms with Gasteiger partial charge in [0, 0.05) is 34.6 Å². The minimum absolute atomic E-state index is 0.469. The van der Waals surface area contributed by atoms with E-state index in [-0.39, 0.29) is 0 Å². The van der Waals surface area contributed by atoms with E-state index in [1.54, 1.807) is 13.3 Å². The topological polar surface area (TPSA) is 47.9 Å². The number of rotatable bonds is 3. The summed E-state index contributed by atoms with van der Waals surface area (Å²) in [6.07, 6.45) is 3.62. The second-order valence-electron chi connectivity index (χ2n) is 7.41. The zero-order valence-electron chi connectivity index (χ0n) is 17.2. The molecule has 4 heteroatoms. The van der Waals surface area contributed by atoms with Gasteiger partial charge in [-0.2, -0.15) is 0 Å². The van der Waals surface area contributed by atoms with E-state index in [4.69, 9.17) is 4.74 Å². The molecule has 0 unspecified atom stereocenters. The van der Waals surface area contributed by atoms with Gasteiger partial charge in [-0.05, 0) is 54.3 Å². The monoisotopic (exact) mass is 373 g/mol. The lowest BCUT2D eigenvalue weighted by Crippen LogP contribution is -1.92. The third-order valence-electron chi connectivity index (χ3n) is 4.61. The van der Waals surface area contributed by atoms with Crippen molar-refractivity contribution >= 4 is 21.8 Å². The summed E-state index contributed by atoms with van der Waals surface area (Å²) in [5, 5.41) is 2.23. The molecule has 0 bridgehead atoms. The Morgan fingerprint density at radius 1 is 0.714 bits per heavy atom. The van der Waals surface area contributed by atoms with Crippen LogP contribution in [0.15, 0.2) is 60.9 Å². The van der Waals surface area contributed by atoms with Crippen LogP contribution in [0, 0.1) is 0 Å². The highest BCUT2D eigenvalue weighted by atomic mass is 16.5. The number of nitrogens with zero attached hydrogens (tertiary/aromatic N) is 3. The van der Waals surface area contributed by atoms with Crippen LogP contribution in [0.2, 0.25) is 0 Å². The number of ether oxygens (including phenoxy) is 1. The molecule has 144 valence electrons. The van der Waals surface area contributed by atoms with Crippen LogP contribution in [0.5, 0.6) is 5.75 Å². The average molecular weight is 374 g/mol. The van der Waals surface area contributed by atoms with Gasteiger partial charge in [-0.15, -0.1) is 0 Å². The van der Waals surface area contributed by atoms with Crippen molar-refractivity contribution in [2.75, 3.05) is 7.11 Å². The number of benzene rings is 1. The Kier molecular flexibility index (Phi) is 6.19. The van der Waals surface area contributed by atoms with Gasteiger partial charge in [0.15, 0.2) is 0 Å². The minimum Gasteiger partial charge on any atom is -0.497 e. The standard InChI is InChI=1S/C13H15NO.C11H12N2/c1-9(2)12-6-4-10-8-11(15-3)5-7-13(10)14-12;1-8(2)10-4-3-9-7-12-6-5-11(9)13-10/h4-9H,1-3H3;3-8H,1-2H3. The molecular formula is C24H27N3O. The summed E-state index contributed by atoms with van der Waals surface area (Å²) in [6.45, 7) is 8.60. The molecule has 0 spiro atoms. The molecule has 4 rings (SSSR count). The highest BCUT2D eigenvalue weighted by molar-refractivity contribution is 5.80. The van der Waals surface area contributed by atoms with Crippen LogP contribution in [0.1, 0.15) is 50.9 Å². The second-order valence-corrected chi connectivity index (χ2v) is 7.41. The number of pyridine rings is 3. The molecule has 0 aliphatic rings. The van der Waals surface area contributed by atoms with Gasteiger partial charge >= 0.3 is 0 Å². The molecule has 0 saturated carbocycles. The van der Waals surface area contributed by atoms with E-state index in [0.29, 0.717) is 11.8 Å². The first kappa shape index (κ1) is 19.7. The molecule has 3 heterocycles. The Balaban J connectivity index is 0.000000162. The Morgan fingerprint density at radius 3 is 1.93 bits per heavy atom. The van der Waals surface area contributed by atoms with E-state index >= 15 is 0 Å². The van der Waals surface area contributed by atoms with Crippen molar-refractivity contribution in [1.82, 2.24) is 15.0 Å². The van der Waals surface area contributed by atoms with Crippen molar-refractivity contribution in [3.05, 3.63) is 72.3 Å². The molecule has 28 heavy (non-hydrogen) atoms. The lowest BCUT2D eigenvalue weighted by Gasteiger charge is -2.06. The first-order valence-electron chi connectivity index (χ1n) is 9.63. The predicted molar refractivity (Wildman–Crippen MR) is 116 cm³/mol. The van der Waals surface area contributed by atoms with Gasteiger partial charge in [-0.1, -0.05) is 33.8 Å². The van der Waals surface area contributed by atoms with Gasteiger partial charge < -0.3 is 4.74 Å². The average Bonchev–Trinajstić information content (AvgIpc) is 2.72. The van der Waals surface area contributed by atoms with Gasteiger partial charge in [0.25, 0.3) is 0 Å². The Morgan fingerprint density at radius 2 is 1.32 bits per heavy atom. The van der Waals surface area contributed by atoms with Gasteiger partial charge in [0.1, 0.15) is 5.75 Å². The fourth-order valence-electron chi connectivity index (χ4n) is 2.87. The van der Waals surface area contributed by atoms with E-state index in [0.717, 1.165) is 38.9 Å². The predicted octanol–water partition coefficient (Wildman–Crippen LogP) is 6.12. The summed E-state index contributed by atoms with van der Waals surface area (Å²) >= 11 is 0. The lowest BCUT2D eigenvalue weighted by molar-refractivity contribution is 0.415. The Bertz CT molecular complexity index is 1070. The molecule has 0 amide bonds. The number of fused-ring (bicyclic) bond motifs is 2. The first-order valence-corrected chi connectivity index (χ1v) is 9.63. The third kappa shape index (κ3) is 4.63. The molecule has 3 aromatic heterocycles. The Hall–Kier alpha value is -3.01. The van der Waals surface area contributed by atoms with Crippen LogP contribution in [-0.2, 0) is 0 Å². The number of hydrogen-bond acceptors (Lipinski definition) is 4. The number of hydrogen-bond donors (Lipinski definition) is 0. The molecule has 0 atom stereocenters. The zero-order valence-corrected chi connectivity index (χ0v) is 17.2. The van der Waals surface area contributed by atoms with E-state index < -0.39 is 0 Å². The normalized spacial score (nSPS) is 11.0. The van der Waals surface area contributed by atoms with Gasteiger partial charge in [0.2, 0.25) is 0 Å². The summed E-state index contributed by atoms with van der Waals surface area (Å²) in [5.74, 6) is 1.83. The molecule has 0 fully saturated rings. The van der Waals surface area contributed by atoms with E-state index in [2.05, 4.69) is 66.9 Å². The summed E-state index contributed by atoms with van der Waals surface area (Å²) in [6, 6.07) is 16.2. The van der Waals surface area contributed by atoms with Crippen molar-refractivity contribution in [3.63, 3.8) is 0 Å². The molecule has 0 aliphatic heterocycles. The highest BCUT2D eigenvalue weighted by Gasteiger charge is 2.03. The van der Waals surface area contributed by atoms with Crippen molar-refractivity contribution in [2.24, 2.45) is 0 Å². The molecular weight excluding hydrogens is 346 g/mol. The van der Waals surface area contributed by atoms with Crippen molar-refractivity contribution < 1.29 is 4.74 Å². The van der Waals surface area contributed by atoms with Crippen molar-refractivity contribution in [1.29, 1.82) is 0 Å². The molecule has 0 aliphatic carbocycles. The van der Waals surface area contributed by atoms with Crippen LogP contribution in [0.4, 0.5) is 0 Å². The molecule has 0 saturated heterocycles. The maximum Gasteiger partial charge on any atom is 0.119 e. The van der Waals surface area contributed by atoms with Crippen LogP contribution >= 0.6 is 0 Å². The van der Waals surface area contributed by atoms with Gasteiger partial charge in [-0.25, -0.2) is 0 Å². The Labute approximate surface area is 166 Å². The maximum atomic E-state index is 5.17. The van der Waals surface area contributed by atoms with Gasteiger partial charge in [-0.3, -0.25) is 15.0 Å². The second kappa shape index (κ2) is 8.79. The quantitative estimate of drug-likeness (QED) is 0.434. The van der Waals surface area contributed by atoms with Crippen LogP contribution in [0.3, 0.4) is 0 Å². The van der Waals surface area contributed by atoms with E-state index in [1.807, 2.05) is 30.5 Å². The third-order valence-corrected chi connectivity index (χ3v) is 4.61. The summed E-state index contributed by atoms with van der Waals surface area (Å²) in [7, 11) is 1.68. The molecule has 0 radical (unpaired) electrons. The fraction of sp³-hybridized carbons (Fsp3) is 0.292. The molecule has 0 N–H and O–H groups in total. The highest BCUT2D eigenvalue weighted by Crippen LogP contribution is 2.22. The lowest BCUT2D eigenvalue weighted by atomic mass is 10.1. The van der Waals surface area contributed by atoms with Crippen LogP contribution in [0.25, 0.3) is 21.8 Å². The van der Waals surface area contributed by atoms with Gasteiger partial charge in [0.05, 0.1) is 18.1 Å². The summed E-state index contributed by atoms with van der Waals surface area (Å²) in [4.78, 5) is 13.2.